The van der Waals surface area contributed by atoms with Gasteiger partial charge < -0.3 is 14.6 Å². The lowest BCUT2D eigenvalue weighted by Crippen LogP contribution is -2.48. The zero-order valence-corrected chi connectivity index (χ0v) is 14.4. The largest absolute Gasteiger partial charge is 0.480 e. The quantitative estimate of drug-likeness (QED) is 0.895. The molecule has 0 spiro atoms. The van der Waals surface area contributed by atoms with Crippen LogP contribution in [-0.4, -0.2) is 46.4 Å². The Labute approximate surface area is 142 Å². The summed E-state index contributed by atoms with van der Waals surface area (Å²) in [6.45, 7) is 6.00. The number of ether oxygens (including phenoxy) is 2. The van der Waals surface area contributed by atoms with Crippen molar-refractivity contribution in [2.24, 2.45) is 0 Å². The Morgan fingerprint density at radius 1 is 1.21 bits per heavy atom. The predicted molar refractivity (Wildman–Crippen MR) is 88.6 cm³/mol. The number of carboxylic acids is 1. The second kappa shape index (κ2) is 7.66. The third kappa shape index (κ3) is 4.96. The minimum atomic E-state index is -1.01. The summed E-state index contributed by atoms with van der Waals surface area (Å²) in [5.74, 6) is -1.01. The summed E-state index contributed by atoms with van der Waals surface area (Å²) >= 11 is 0. The number of hydrogen-bond acceptors (Lipinski definition) is 4. The number of likely N-dealkylation sites (tertiary alicyclic amines) is 1. The van der Waals surface area contributed by atoms with Gasteiger partial charge in [0, 0.05) is 0 Å². The molecule has 1 aromatic carbocycles. The molecule has 2 atom stereocenters. The van der Waals surface area contributed by atoms with Gasteiger partial charge >= 0.3 is 12.1 Å². The Bertz CT molecular complexity index is 567. The number of amides is 1. The van der Waals surface area contributed by atoms with E-state index in [4.69, 9.17) is 9.47 Å². The molecule has 6 nitrogen and oxygen atoms in total. The zero-order chi connectivity index (χ0) is 17.7. The summed E-state index contributed by atoms with van der Waals surface area (Å²) in [5.41, 5.74) is 0.368. The molecule has 1 saturated heterocycles. The van der Waals surface area contributed by atoms with Crippen LogP contribution in [0.2, 0.25) is 0 Å². The number of rotatable bonds is 5. The highest BCUT2D eigenvalue weighted by molar-refractivity contribution is 5.81. The van der Waals surface area contributed by atoms with E-state index in [9.17, 15) is 14.7 Å². The van der Waals surface area contributed by atoms with Crippen molar-refractivity contribution >= 4 is 12.1 Å². The number of hydrogen-bond donors (Lipinski definition) is 1. The number of benzene rings is 1. The molecule has 0 bridgehead atoms. The van der Waals surface area contributed by atoms with Crippen molar-refractivity contribution in [2.45, 2.75) is 57.9 Å². The Hall–Kier alpha value is -2.08. The van der Waals surface area contributed by atoms with Gasteiger partial charge in [-0.3, -0.25) is 4.90 Å². The molecule has 2 rings (SSSR count). The first kappa shape index (κ1) is 18.3. The monoisotopic (exact) mass is 335 g/mol. The van der Waals surface area contributed by atoms with E-state index in [-0.39, 0.29) is 12.6 Å². The molecule has 1 heterocycles. The van der Waals surface area contributed by atoms with Crippen LogP contribution in [0.3, 0.4) is 0 Å². The van der Waals surface area contributed by atoms with Crippen LogP contribution in [-0.2, 0) is 20.9 Å². The minimum absolute atomic E-state index is 0.287. The van der Waals surface area contributed by atoms with Crippen LogP contribution in [0.15, 0.2) is 30.3 Å². The molecule has 6 heteroatoms. The van der Waals surface area contributed by atoms with Gasteiger partial charge in [-0.05, 0) is 39.2 Å². The van der Waals surface area contributed by atoms with Crippen molar-refractivity contribution in [1.29, 1.82) is 0 Å². The molecule has 1 aliphatic rings. The number of aliphatic carboxylic acids is 1. The maximum Gasteiger partial charge on any atom is 0.411 e. The van der Waals surface area contributed by atoms with Gasteiger partial charge in [0.15, 0.2) is 0 Å². The molecular formula is C18H25NO5. The van der Waals surface area contributed by atoms with Crippen LogP contribution in [0.4, 0.5) is 4.79 Å². The fourth-order valence-electron chi connectivity index (χ4n) is 2.77. The molecule has 132 valence electrons. The van der Waals surface area contributed by atoms with Crippen LogP contribution >= 0.6 is 0 Å². The predicted octanol–water partition coefficient (Wildman–Crippen LogP) is 3.06. The Morgan fingerprint density at radius 3 is 2.46 bits per heavy atom. The maximum atomic E-state index is 12.4. The molecule has 1 fully saturated rings. The fourth-order valence-corrected chi connectivity index (χ4v) is 2.77. The Balaban J connectivity index is 1.98. The third-order valence-corrected chi connectivity index (χ3v) is 3.81. The molecule has 0 radical (unpaired) electrons. The molecule has 24 heavy (non-hydrogen) atoms. The van der Waals surface area contributed by atoms with E-state index < -0.39 is 23.7 Å². The number of carbonyl (C=O) groups excluding carboxylic acids is 1. The molecule has 1 N–H and O–H groups in total. The van der Waals surface area contributed by atoms with Crippen molar-refractivity contribution in [2.75, 3.05) is 6.61 Å². The lowest BCUT2D eigenvalue weighted by Gasteiger charge is -2.31. The van der Waals surface area contributed by atoms with Crippen molar-refractivity contribution in [3.8, 4) is 0 Å². The molecule has 1 amide bonds. The first-order valence-electron chi connectivity index (χ1n) is 8.14. The summed E-state index contributed by atoms with van der Waals surface area (Å²) < 4.78 is 11.1. The highest BCUT2D eigenvalue weighted by Gasteiger charge is 2.43. The second-order valence-corrected chi connectivity index (χ2v) is 6.97. The molecule has 0 unspecified atom stereocenters. The Morgan fingerprint density at radius 2 is 1.88 bits per heavy atom. The van der Waals surface area contributed by atoms with Crippen molar-refractivity contribution in [3.63, 3.8) is 0 Å². The van der Waals surface area contributed by atoms with E-state index in [1.165, 1.54) is 4.90 Å². The highest BCUT2D eigenvalue weighted by Crippen LogP contribution is 2.27. The van der Waals surface area contributed by atoms with E-state index in [1.807, 2.05) is 30.3 Å². The van der Waals surface area contributed by atoms with Gasteiger partial charge in [0.2, 0.25) is 0 Å². The van der Waals surface area contributed by atoms with Crippen molar-refractivity contribution in [1.82, 2.24) is 4.90 Å². The molecule has 0 saturated carbocycles. The van der Waals surface area contributed by atoms with E-state index in [2.05, 4.69) is 0 Å². The Kier molecular flexibility index (Phi) is 5.83. The van der Waals surface area contributed by atoms with E-state index >= 15 is 0 Å². The standard InChI is InChI=1S/C18H25NO5/c1-18(2,3)24-17(22)19-14(9-10-15(19)16(20)21)12-23-11-13-7-5-4-6-8-13/h4-8,14-15H,9-12H2,1-3H3,(H,20,21)/t14-,15-/m0/s1. The number of carbonyl (C=O) groups is 2. The molecule has 0 aliphatic carbocycles. The van der Waals surface area contributed by atoms with Crippen LogP contribution in [0.5, 0.6) is 0 Å². The van der Waals surface area contributed by atoms with Crippen LogP contribution in [0.25, 0.3) is 0 Å². The van der Waals surface area contributed by atoms with Crippen molar-refractivity contribution in [3.05, 3.63) is 35.9 Å². The number of nitrogens with zero attached hydrogens (tertiary/aromatic N) is 1. The highest BCUT2D eigenvalue weighted by atomic mass is 16.6. The maximum absolute atomic E-state index is 12.4. The second-order valence-electron chi connectivity index (χ2n) is 6.97. The third-order valence-electron chi connectivity index (χ3n) is 3.81. The summed E-state index contributed by atoms with van der Waals surface area (Å²) in [5, 5.41) is 9.36. The normalized spacial score (nSPS) is 20.9. The van der Waals surface area contributed by atoms with Crippen LogP contribution in [0.1, 0.15) is 39.2 Å². The van der Waals surface area contributed by atoms with Gasteiger partial charge in [0.05, 0.1) is 19.3 Å². The molecule has 1 aliphatic heterocycles. The summed E-state index contributed by atoms with van der Waals surface area (Å²) in [6, 6.07) is 8.57. The van der Waals surface area contributed by atoms with Gasteiger partial charge in [-0.15, -0.1) is 0 Å². The van der Waals surface area contributed by atoms with Gasteiger partial charge in [0.1, 0.15) is 11.6 Å². The van der Waals surface area contributed by atoms with Gasteiger partial charge in [-0.1, -0.05) is 30.3 Å². The van der Waals surface area contributed by atoms with Gasteiger partial charge in [0.25, 0.3) is 0 Å². The first-order valence-corrected chi connectivity index (χ1v) is 8.14. The summed E-state index contributed by atoms with van der Waals surface area (Å²) in [6.07, 6.45) is 0.402. The lowest BCUT2D eigenvalue weighted by atomic mass is 10.2. The van der Waals surface area contributed by atoms with Crippen molar-refractivity contribution < 1.29 is 24.2 Å². The smallest absolute Gasteiger partial charge is 0.411 e. The van der Waals surface area contributed by atoms with E-state index in [1.54, 1.807) is 20.8 Å². The minimum Gasteiger partial charge on any atom is -0.480 e. The number of carboxylic acid groups (broad SMARTS) is 1. The first-order chi connectivity index (χ1) is 11.3. The lowest BCUT2D eigenvalue weighted by molar-refractivity contribution is -0.142. The van der Waals surface area contributed by atoms with Gasteiger partial charge in [-0.2, -0.15) is 0 Å². The molecular weight excluding hydrogens is 310 g/mol. The summed E-state index contributed by atoms with van der Waals surface area (Å²) in [7, 11) is 0. The zero-order valence-electron chi connectivity index (χ0n) is 14.4. The molecule has 1 aromatic rings. The van der Waals surface area contributed by atoms with Gasteiger partial charge in [-0.25, -0.2) is 9.59 Å². The topological polar surface area (TPSA) is 76.1 Å². The average Bonchev–Trinajstić information content (AvgIpc) is 2.91. The fraction of sp³-hybridized carbons (Fsp3) is 0.556. The van der Waals surface area contributed by atoms with Crippen LogP contribution in [0, 0.1) is 0 Å². The van der Waals surface area contributed by atoms with Crippen LogP contribution < -0.4 is 0 Å². The summed E-state index contributed by atoms with van der Waals surface area (Å²) in [4.78, 5) is 25.2. The van der Waals surface area contributed by atoms with E-state index in [0.717, 1.165) is 5.56 Å². The molecule has 0 aromatic heterocycles. The average molecular weight is 335 g/mol. The van der Waals surface area contributed by atoms with E-state index in [0.29, 0.717) is 19.4 Å². The SMILES string of the molecule is CC(C)(C)OC(=O)N1[C@H](COCc2ccccc2)CC[C@H]1C(=O)O.